The molecule has 2 nitrogen and oxygen atoms in total. The Morgan fingerprint density at radius 1 is 0.950 bits per heavy atom. The SMILES string of the molecule is C[C@H](C(=O)c1ccc(F)cc1)[C@@H](O)c1ccc(F)cc1. The largest absolute Gasteiger partial charge is 0.388 e. The first-order chi connectivity index (χ1) is 9.49. The van der Waals surface area contributed by atoms with Crippen molar-refractivity contribution in [1.29, 1.82) is 0 Å². The Morgan fingerprint density at radius 2 is 1.40 bits per heavy atom. The lowest BCUT2D eigenvalue weighted by Crippen LogP contribution is -2.19. The van der Waals surface area contributed by atoms with E-state index in [9.17, 15) is 18.7 Å². The van der Waals surface area contributed by atoms with Crippen molar-refractivity contribution in [2.45, 2.75) is 13.0 Å². The van der Waals surface area contributed by atoms with Gasteiger partial charge in [-0.3, -0.25) is 4.79 Å². The average molecular weight is 276 g/mol. The van der Waals surface area contributed by atoms with E-state index in [1.54, 1.807) is 6.92 Å². The van der Waals surface area contributed by atoms with Crippen LogP contribution >= 0.6 is 0 Å². The van der Waals surface area contributed by atoms with E-state index in [0.29, 0.717) is 11.1 Å². The molecule has 0 aliphatic rings. The van der Waals surface area contributed by atoms with Gasteiger partial charge in [-0.1, -0.05) is 19.1 Å². The lowest BCUT2D eigenvalue weighted by molar-refractivity contribution is 0.0713. The van der Waals surface area contributed by atoms with Crippen LogP contribution in [0.3, 0.4) is 0 Å². The van der Waals surface area contributed by atoms with Gasteiger partial charge in [0.25, 0.3) is 0 Å². The molecule has 0 aliphatic heterocycles. The highest BCUT2D eigenvalue weighted by Gasteiger charge is 2.24. The molecule has 0 saturated heterocycles. The summed E-state index contributed by atoms with van der Waals surface area (Å²) in [7, 11) is 0. The summed E-state index contributed by atoms with van der Waals surface area (Å²) in [5.41, 5.74) is 0.800. The second-order valence-electron chi connectivity index (χ2n) is 4.66. The van der Waals surface area contributed by atoms with Crippen molar-refractivity contribution < 1.29 is 18.7 Å². The monoisotopic (exact) mass is 276 g/mol. The molecule has 0 bridgehead atoms. The van der Waals surface area contributed by atoms with Crippen LogP contribution in [0.2, 0.25) is 0 Å². The van der Waals surface area contributed by atoms with E-state index in [1.165, 1.54) is 48.5 Å². The minimum atomic E-state index is -1.03. The molecule has 0 heterocycles. The predicted octanol–water partition coefficient (Wildman–Crippen LogP) is 3.52. The maximum Gasteiger partial charge on any atom is 0.168 e. The molecular formula is C16H14F2O2. The van der Waals surface area contributed by atoms with Gasteiger partial charge < -0.3 is 5.11 Å². The lowest BCUT2D eigenvalue weighted by atomic mass is 9.90. The van der Waals surface area contributed by atoms with E-state index in [-0.39, 0.29) is 5.78 Å². The highest BCUT2D eigenvalue weighted by molar-refractivity contribution is 5.98. The van der Waals surface area contributed by atoms with E-state index in [0.717, 1.165) is 0 Å². The number of aliphatic hydroxyl groups is 1. The molecule has 2 aromatic rings. The third kappa shape index (κ3) is 3.08. The highest BCUT2D eigenvalue weighted by Crippen LogP contribution is 2.25. The van der Waals surface area contributed by atoms with Gasteiger partial charge in [0.05, 0.1) is 6.10 Å². The molecule has 0 aromatic heterocycles. The molecular weight excluding hydrogens is 262 g/mol. The minimum absolute atomic E-state index is 0.290. The van der Waals surface area contributed by atoms with Crippen molar-refractivity contribution in [3.63, 3.8) is 0 Å². The molecule has 0 spiro atoms. The highest BCUT2D eigenvalue weighted by atomic mass is 19.1. The van der Waals surface area contributed by atoms with Crippen molar-refractivity contribution in [3.8, 4) is 0 Å². The fourth-order valence-electron chi connectivity index (χ4n) is 1.97. The van der Waals surface area contributed by atoms with Gasteiger partial charge in [0.2, 0.25) is 0 Å². The molecule has 0 unspecified atom stereocenters. The first-order valence-corrected chi connectivity index (χ1v) is 6.22. The Labute approximate surface area is 115 Å². The normalized spacial score (nSPS) is 13.8. The van der Waals surface area contributed by atoms with E-state index < -0.39 is 23.7 Å². The van der Waals surface area contributed by atoms with Crippen LogP contribution in [0, 0.1) is 17.6 Å². The molecule has 0 aliphatic carbocycles. The van der Waals surface area contributed by atoms with Crippen molar-refractivity contribution in [2.24, 2.45) is 5.92 Å². The molecule has 2 aromatic carbocycles. The van der Waals surface area contributed by atoms with E-state index in [4.69, 9.17) is 0 Å². The number of Topliss-reactive ketones (excluding diaryl/α,β-unsaturated/α-hetero) is 1. The first-order valence-electron chi connectivity index (χ1n) is 6.22. The maximum absolute atomic E-state index is 12.8. The van der Waals surface area contributed by atoms with Gasteiger partial charge in [0.15, 0.2) is 5.78 Å². The number of benzene rings is 2. The summed E-state index contributed by atoms with van der Waals surface area (Å²) in [6, 6.07) is 10.5. The van der Waals surface area contributed by atoms with Crippen LogP contribution in [-0.2, 0) is 0 Å². The summed E-state index contributed by atoms with van der Waals surface area (Å²) in [5.74, 6) is -1.82. The summed E-state index contributed by atoms with van der Waals surface area (Å²) < 4.78 is 25.6. The summed E-state index contributed by atoms with van der Waals surface area (Å²) >= 11 is 0. The van der Waals surface area contributed by atoms with Gasteiger partial charge in [0.1, 0.15) is 11.6 Å². The molecule has 0 fully saturated rings. The van der Waals surface area contributed by atoms with Gasteiger partial charge in [-0.15, -0.1) is 0 Å². The second-order valence-corrected chi connectivity index (χ2v) is 4.66. The van der Waals surface area contributed by atoms with Gasteiger partial charge in [0, 0.05) is 11.5 Å². The third-order valence-corrected chi connectivity index (χ3v) is 3.23. The summed E-state index contributed by atoms with van der Waals surface area (Å²) in [6.45, 7) is 1.58. The van der Waals surface area contributed by atoms with Crippen LogP contribution < -0.4 is 0 Å². The Morgan fingerprint density at radius 3 is 1.90 bits per heavy atom. The zero-order chi connectivity index (χ0) is 14.7. The molecule has 0 saturated carbocycles. The molecule has 2 rings (SSSR count). The average Bonchev–Trinajstić information content (AvgIpc) is 2.46. The first kappa shape index (κ1) is 14.3. The predicted molar refractivity (Wildman–Crippen MR) is 71.3 cm³/mol. The van der Waals surface area contributed by atoms with E-state index in [2.05, 4.69) is 0 Å². The topological polar surface area (TPSA) is 37.3 Å². The maximum atomic E-state index is 12.8. The van der Waals surface area contributed by atoms with Crippen LogP contribution in [-0.4, -0.2) is 10.9 Å². The Hall–Kier alpha value is -2.07. The van der Waals surface area contributed by atoms with E-state index in [1.807, 2.05) is 0 Å². The van der Waals surface area contributed by atoms with Crippen LogP contribution in [0.25, 0.3) is 0 Å². The van der Waals surface area contributed by atoms with Gasteiger partial charge in [-0.2, -0.15) is 0 Å². The molecule has 4 heteroatoms. The smallest absolute Gasteiger partial charge is 0.168 e. The fraction of sp³-hybridized carbons (Fsp3) is 0.188. The summed E-state index contributed by atoms with van der Waals surface area (Å²) in [6.07, 6.45) is -1.03. The summed E-state index contributed by atoms with van der Waals surface area (Å²) in [4.78, 5) is 12.2. The van der Waals surface area contributed by atoms with Crippen LogP contribution in [0.4, 0.5) is 8.78 Å². The van der Waals surface area contributed by atoms with Gasteiger partial charge in [-0.05, 0) is 42.0 Å². The molecule has 2 atom stereocenters. The standard InChI is InChI=1S/C16H14F2O2/c1-10(15(19)11-2-6-13(17)7-3-11)16(20)12-4-8-14(18)9-5-12/h2-10,15,19H,1H3/t10-,15+/m0/s1. The Balaban J connectivity index is 2.17. The number of aliphatic hydroxyl groups excluding tert-OH is 1. The van der Waals surface area contributed by atoms with Crippen LogP contribution in [0.1, 0.15) is 28.9 Å². The number of halogens is 2. The molecule has 20 heavy (non-hydrogen) atoms. The Kier molecular flexibility index (Phi) is 4.25. The number of carbonyl (C=O) groups is 1. The number of ketones is 1. The van der Waals surface area contributed by atoms with Crippen molar-refractivity contribution in [3.05, 3.63) is 71.3 Å². The van der Waals surface area contributed by atoms with Gasteiger partial charge >= 0.3 is 0 Å². The number of carbonyl (C=O) groups excluding carboxylic acids is 1. The second kappa shape index (κ2) is 5.92. The molecule has 0 amide bonds. The van der Waals surface area contributed by atoms with Gasteiger partial charge in [-0.25, -0.2) is 8.78 Å². The number of rotatable bonds is 4. The number of hydrogen-bond acceptors (Lipinski definition) is 2. The van der Waals surface area contributed by atoms with Crippen LogP contribution in [0.5, 0.6) is 0 Å². The zero-order valence-electron chi connectivity index (χ0n) is 10.9. The zero-order valence-corrected chi connectivity index (χ0v) is 10.9. The van der Waals surface area contributed by atoms with Crippen molar-refractivity contribution in [2.75, 3.05) is 0 Å². The van der Waals surface area contributed by atoms with Crippen molar-refractivity contribution >= 4 is 5.78 Å². The minimum Gasteiger partial charge on any atom is -0.388 e. The molecule has 104 valence electrons. The third-order valence-electron chi connectivity index (χ3n) is 3.23. The fourth-order valence-corrected chi connectivity index (χ4v) is 1.97. The quantitative estimate of drug-likeness (QED) is 0.868. The molecule has 1 N–H and O–H groups in total. The van der Waals surface area contributed by atoms with Crippen LogP contribution in [0.15, 0.2) is 48.5 Å². The lowest BCUT2D eigenvalue weighted by Gasteiger charge is -2.18. The molecule has 0 radical (unpaired) electrons. The van der Waals surface area contributed by atoms with Crippen molar-refractivity contribution in [1.82, 2.24) is 0 Å². The Bertz CT molecular complexity index is 591. The van der Waals surface area contributed by atoms with E-state index >= 15 is 0 Å². The number of hydrogen-bond donors (Lipinski definition) is 1. The summed E-state index contributed by atoms with van der Waals surface area (Å²) in [5, 5.41) is 10.1.